The Hall–Kier alpha value is -1.09. The van der Waals surface area contributed by atoms with Crippen molar-refractivity contribution >= 4 is 14.6 Å². The highest BCUT2D eigenvalue weighted by Gasteiger charge is 2.38. The van der Waals surface area contributed by atoms with E-state index >= 15 is 0 Å². The molecule has 0 bridgehead atoms. The molecule has 1 rings (SSSR count). The van der Waals surface area contributed by atoms with Gasteiger partial charge in [-0.15, -0.1) is 0 Å². The van der Waals surface area contributed by atoms with Gasteiger partial charge in [-0.05, 0) is 42.2 Å². The van der Waals surface area contributed by atoms with Gasteiger partial charge in [0.1, 0.15) is 12.0 Å². The van der Waals surface area contributed by atoms with Crippen LogP contribution in [0.25, 0.3) is 0 Å². The third-order valence-corrected chi connectivity index (χ3v) is 8.25. The van der Waals surface area contributed by atoms with E-state index in [1.165, 1.54) is 5.56 Å². The molecule has 0 amide bonds. The van der Waals surface area contributed by atoms with Gasteiger partial charge in [-0.1, -0.05) is 39.8 Å². The van der Waals surface area contributed by atoms with Gasteiger partial charge in [-0.25, -0.2) is 0 Å². The van der Waals surface area contributed by atoms with Gasteiger partial charge in [0, 0.05) is 5.92 Å². The van der Waals surface area contributed by atoms with Gasteiger partial charge in [0.05, 0.1) is 0 Å². The SMILES string of the molecule is CC(C=O)Cc1ccc(O[Si](C)(C)C(C)(C)C)cc1. The largest absolute Gasteiger partial charge is 0.544 e. The maximum Gasteiger partial charge on any atom is 0.250 e. The van der Waals surface area contributed by atoms with E-state index in [1.54, 1.807) is 0 Å². The molecular weight excluding hydrogens is 252 g/mol. The second-order valence-electron chi connectivity index (χ2n) is 6.82. The molecule has 1 atom stereocenters. The summed E-state index contributed by atoms with van der Waals surface area (Å²) in [5.41, 5.74) is 1.18. The van der Waals surface area contributed by atoms with E-state index < -0.39 is 8.32 Å². The first-order chi connectivity index (χ1) is 8.65. The lowest BCUT2D eigenvalue weighted by Crippen LogP contribution is -2.43. The lowest BCUT2D eigenvalue weighted by atomic mass is 10.0. The molecule has 1 aromatic carbocycles. The van der Waals surface area contributed by atoms with Crippen LogP contribution in [0, 0.1) is 5.92 Å². The Labute approximate surface area is 118 Å². The van der Waals surface area contributed by atoms with Crippen LogP contribution in [-0.4, -0.2) is 14.6 Å². The maximum atomic E-state index is 10.7. The van der Waals surface area contributed by atoms with Crippen LogP contribution in [-0.2, 0) is 11.2 Å². The predicted octanol–water partition coefficient (Wildman–Crippen LogP) is 4.45. The first-order valence-electron chi connectivity index (χ1n) is 6.89. The monoisotopic (exact) mass is 278 g/mol. The summed E-state index contributed by atoms with van der Waals surface area (Å²) in [6.07, 6.45) is 1.80. The molecule has 3 heteroatoms. The summed E-state index contributed by atoms with van der Waals surface area (Å²) in [5, 5.41) is 0.206. The summed E-state index contributed by atoms with van der Waals surface area (Å²) in [5.74, 6) is 1.02. The molecule has 0 aliphatic rings. The van der Waals surface area contributed by atoms with Gasteiger partial charge >= 0.3 is 0 Å². The van der Waals surface area contributed by atoms with E-state index in [1.807, 2.05) is 19.1 Å². The van der Waals surface area contributed by atoms with Crippen molar-refractivity contribution in [3.63, 3.8) is 0 Å². The molecule has 106 valence electrons. The van der Waals surface area contributed by atoms with E-state index in [0.29, 0.717) is 0 Å². The van der Waals surface area contributed by atoms with Gasteiger partial charge in [-0.3, -0.25) is 0 Å². The second-order valence-corrected chi connectivity index (χ2v) is 11.5. The van der Waals surface area contributed by atoms with Crippen molar-refractivity contribution in [3.05, 3.63) is 29.8 Å². The molecule has 19 heavy (non-hydrogen) atoms. The summed E-state index contributed by atoms with van der Waals surface area (Å²) in [6.45, 7) is 13.1. The quantitative estimate of drug-likeness (QED) is 0.587. The average Bonchev–Trinajstić information content (AvgIpc) is 2.29. The highest BCUT2D eigenvalue weighted by Crippen LogP contribution is 2.37. The number of hydrogen-bond donors (Lipinski definition) is 0. The minimum atomic E-state index is -1.76. The number of aldehydes is 1. The molecular formula is C16H26O2Si. The van der Waals surface area contributed by atoms with Crippen molar-refractivity contribution in [1.82, 2.24) is 0 Å². The van der Waals surface area contributed by atoms with Crippen LogP contribution >= 0.6 is 0 Å². The predicted molar refractivity (Wildman–Crippen MR) is 83.2 cm³/mol. The molecule has 0 heterocycles. The molecule has 1 aromatic rings. The molecule has 0 fully saturated rings. The van der Waals surface area contributed by atoms with Crippen molar-refractivity contribution < 1.29 is 9.22 Å². The number of rotatable bonds is 5. The highest BCUT2D eigenvalue weighted by molar-refractivity contribution is 6.74. The first kappa shape index (κ1) is 16.0. The van der Waals surface area contributed by atoms with Crippen LogP contribution < -0.4 is 4.43 Å². The van der Waals surface area contributed by atoms with Crippen molar-refractivity contribution in [2.75, 3.05) is 0 Å². The van der Waals surface area contributed by atoms with Crippen molar-refractivity contribution in [3.8, 4) is 5.75 Å². The smallest absolute Gasteiger partial charge is 0.250 e. The fraction of sp³-hybridized carbons (Fsp3) is 0.562. The standard InChI is InChI=1S/C16H26O2Si/c1-13(12-17)11-14-7-9-15(10-8-14)18-19(5,6)16(2,3)4/h7-10,12-13H,11H2,1-6H3. The molecule has 0 spiro atoms. The fourth-order valence-electron chi connectivity index (χ4n) is 1.56. The summed E-state index contributed by atoms with van der Waals surface area (Å²) < 4.78 is 6.22. The average molecular weight is 278 g/mol. The third-order valence-electron chi connectivity index (χ3n) is 3.89. The lowest BCUT2D eigenvalue weighted by Gasteiger charge is -2.36. The minimum Gasteiger partial charge on any atom is -0.544 e. The molecule has 0 aromatic heterocycles. The van der Waals surface area contributed by atoms with Crippen LogP contribution in [0.15, 0.2) is 24.3 Å². The summed E-state index contributed by atoms with van der Waals surface area (Å²) in [4.78, 5) is 10.7. The Balaban J connectivity index is 2.75. The molecule has 0 saturated carbocycles. The Bertz CT molecular complexity index is 415. The fourth-order valence-corrected chi connectivity index (χ4v) is 2.59. The number of carbonyl (C=O) groups is 1. The van der Waals surface area contributed by atoms with Gasteiger partial charge in [-0.2, -0.15) is 0 Å². The Morgan fingerprint density at radius 1 is 1.21 bits per heavy atom. The normalized spacial score (nSPS) is 14.0. The second kappa shape index (κ2) is 5.91. The van der Waals surface area contributed by atoms with E-state index in [0.717, 1.165) is 18.5 Å². The minimum absolute atomic E-state index is 0.0761. The highest BCUT2D eigenvalue weighted by atomic mass is 28.4. The molecule has 0 radical (unpaired) electrons. The molecule has 0 saturated heterocycles. The summed E-state index contributed by atoms with van der Waals surface area (Å²) >= 11 is 0. The zero-order valence-corrected chi connectivity index (χ0v) is 14.0. The molecule has 2 nitrogen and oxygen atoms in total. The number of carbonyl (C=O) groups excluding carboxylic acids is 1. The Kier molecular flexibility index (Phi) is 4.96. The molecule has 0 N–H and O–H groups in total. The first-order valence-corrected chi connectivity index (χ1v) is 9.80. The summed E-state index contributed by atoms with van der Waals surface area (Å²) in [6, 6.07) is 8.16. The molecule has 1 unspecified atom stereocenters. The summed E-state index contributed by atoms with van der Waals surface area (Å²) in [7, 11) is -1.76. The molecule has 0 aliphatic carbocycles. The van der Waals surface area contributed by atoms with E-state index in [4.69, 9.17) is 4.43 Å². The zero-order valence-electron chi connectivity index (χ0n) is 13.0. The zero-order chi connectivity index (χ0) is 14.7. The maximum absolute atomic E-state index is 10.7. The van der Waals surface area contributed by atoms with Gasteiger partial charge < -0.3 is 9.22 Å². The van der Waals surface area contributed by atoms with Gasteiger partial charge in [0.25, 0.3) is 0 Å². The topological polar surface area (TPSA) is 26.3 Å². The van der Waals surface area contributed by atoms with Gasteiger partial charge in [0.2, 0.25) is 8.32 Å². The van der Waals surface area contributed by atoms with E-state index in [-0.39, 0.29) is 11.0 Å². The Morgan fingerprint density at radius 2 is 1.74 bits per heavy atom. The Morgan fingerprint density at radius 3 is 2.16 bits per heavy atom. The van der Waals surface area contributed by atoms with Crippen LogP contribution in [0.1, 0.15) is 33.3 Å². The van der Waals surface area contributed by atoms with Crippen molar-refractivity contribution in [2.45, 2.75) is 52.2 Å². The van der Waals surface area contributed by atoms with Gasteiger partial charge in [0.15, 0.2) is 0 Å². The van der Waals surface area contributed by atoms with E-state index in [2.05, 4.69) is 46.0 Å². The number of benzene rings is 1. The van der Waals surface area contributed by atoms with Crippen LogP contribution in [0.5, 0.6) is 5.75 Å². The van der Waals surface area contributed by atoms with Crippen molar-refractivity contribution in [1.29, 1.82) is 0 Å². The van der Waals surface area contributed by atoms with Crippen LogP contribution in [0.4, 0.5) is 0 Å². The van der Waals surface area contributed by atoms with E-state index in [9.17, 15) is 4.79 Å². The van der Waals surface area contributed by atoms with Crippen LogP contribution in [0.3, 0.4) is 0 Å². The van der Waals surface area contributed by atoms with Crippen LogP contribution in [0.2, 0.25) is 18.1 Å². The number of hydrogen-bond acceptors (Lipinski definition) is 2. The molecule has 0 aliphatic heterocycles. The third kappa shape index (κ3) is 4.50. The lowest BCUT2D eigenvalue weighted by molar-refractivity contribution is -0.110. The van der Waals surface area contributed by atoms with Crippen molar-refractivity contribution in [2.24, 2.45) is 5.92 Å².